The van der Waals surface area contributed by atoms with Crippen molar-refractivity contribution in [2.75, 3.05) is 10.6 Å². The molecule has 2 N–H and O–H groups in total. The Morgan fingerprint density at radius 2 is 0.893 bits per heavy atom. The average Bonchev–Trinajstić information content (AvgIpc) is 2.67. The third kappa shape index (κ3) is 4.06. The van der Waals surface area contributed by atoms with Gasteiger partial charge in [-0.05, 0) is 74.2 Å². The third-order valence-corrected chi connectivity index (χ3v) is 4.54. The Labute approximate surface area is 164 Å². The molecule has 0 aliphatic heterocycles. The Morgan fingerprint density at radius 1 is 0.607 bits per heavy atom. The Kier molecular flexibility index (Phi) is 5.49. The highest BCUT2D eigenvalue weighted by Gasteiger charge is 2.13. The van der Waals surface area contributed by atoms with Gasteiger partial charge in [0.15, 0.2) is 0 Å². The molecule has 1 aromatic carbocycles. The summed E-state index contributed by atoms with van der Waals surface area (Å²) in [6.07, 6.45) is 6.83. The molecule has 0 fully saturated rings. The molecule has 0 unspecified atom stereocenters. The number of nitrogens with zero attached hydrogens (tertiary/aromatic N) is 2. The van der Waals surface area contributed by atoms with Crippen molar-refractivity contribution in [2.24, 2.45) is 0 Å². The predicted molar refractivity (Wildman–Crippen MR) is 110 cm³/mol. The summed E-state index contributed by atoms with van der Waals surface area (Å²) in [7, 11) is 0. The molecular formula is C22H22N4O2. The fourth-order valence-electron chi connectivity index (χ4n) is 2.94. The van der Waals surface area contributed by atoms with Gasteiger partial charge in [-0.2, -0.15) is 0 Å². The van der Waals surface area contributed by atoms with E-state index >= 15 is 0 Å². The van der Waals surface area contributed by atoms with Crippen molar-refractivity contribution < 1.29 is 9.59 Å². The summed E-state index contributed by atoms with van der Waals surface area (Å²) in [5.41, 5.74) is 6.04. The minimum atomic E-state index is -0.231. The molecule has 0 aliphatic carbocycles. The fourth-order valence-corrected chi connectivity index (χ4v) is 2.94. The van der Waals surface area contributed by atoms with Gasteiger partial charge in [-0.25, -0.2) is 0 Å². The second-order valence-electron chi connectivity index (χ2n) is 6.78. The van der Waals surface area contributed by atoms with Crippen molar-refractivity contribution in [1.82, 2.24) is 9.97 Å². The largest absolute Gasteiger partial charge is 0.321 e. The molecule has 2 heterocycles. The van der Waals surface area contributed by atoms with Crippen molar-refractivity contribution in [1.29, 1.82) is 0 Å². The smallest absolute Gasteiger partial charge is 0.255 e. The maximum atomic E-state index is 12.5. The molecule has 0 saturated carbocycles. The number of nitrogens with one attached hydrogen (secondary N) is 2. The molecular weight excluding hydrogens is 352 g/mol. The summed E-state index contributed by atoms with van der Waals surface area (Å²) in [4.78, 5) is 33.3. The number of hydrogen-bond donors (Lipinski definition) is 2. The molecule has 3 rings (SSSR count). The Balaban J connectivity index is 1.74. The maximum absolute atomic E-state index is 12.5. The van der Waals surface area contributed by atoms with E-state index in [0.29, 0.717) is 11.1 Å². The van der Waals surface area contributed by atoms with Gasteiger partial charge in [0.05, 0.1) is 0 Å². The Hall–Kier alpha value is -3.54. The highest BCUT2D eigenvalue weighted by atomic mass is 16.2. The molecule has 0 bridgehead atoms. The highest BCUT2D eigenvalue weighted by Crippen LogP contribution is 2.21. The maximum Gasteiger partial charge on any atom is 0.255 e. The molecule has 0 aliphatic rings. The summed E-state index contributed by atoms with van der Waals surface area (Å²) in [5, 5.41) is 5.82. The van der Waals surface area contributed by atoms with Gasteiger partial charge in [-0.15, -0.1) is 0 Å². The first-order valence-corrected chi connectivity index (χ1v) is 8.92. The van der Waals surface area contributed by atoms with Crippen molar-refractivity contribution in [3.63, 3.8) is 0 Å². The van der Waals surface area contributed by atoms with Gasteiger partial charge in [-0.1, -0.05) is 0 Å². The van der Waals surface area contributed by atoms with E-state index in [2.05, 4.69) is 20.6 Å². The number of benzene rings is 1. The number of aryl methyl sites for hydroxylation is 4. The molecule has 0 spiro atoms. The summed E-state index contributed by atoms with van der Waals surface area (Å²) in [6.45, 7) is 7.58. The zero-order chi connectivity index (χ0) is 20.3. The summed E-state index contributed by atoms with van der Waals surface area (Å²) in [5.74, 6) is -0.463. The number of hydrogen-bond acceptors (Lipinski definition) is 4. The fraction of sp³-hybridized carbons (Fsp3) is 0.182. The summed E-state index contributed by atoms with van der Waals surface area (Å²) in [6, 6.07) is 6.56. The number of carbonyl (C=O) groups excluding carboxylic acids is 2. The standard InChI is InChI=1S/C22H22N4O2/c1-13-9-23-10-14(2)19(13)25-21(27)17-5-7-18(8-6-17)22(28)26-20-15(3)11-24-12-16(20)4/h5-12H,1-4H3,(H,23,25,27)(H,24,26,28). The first kappa shape index (κ1) is 19.2. The molecule has 28 heavy (non-hydrogen) atoms. The van der Waals surface area contributed by atoms with E-state index in [1.165, 1.54) is 0 Å². The van der Waals surface area contributed by atoms with Crippen molar-refractivity contribution in [2.45, 2.75) is 27.7 Å². The van der Waals surface area contributed by atoms with Gasteiger partial charge in [0.25, 0.3) is 11.8 Å². The third-order valence-electron chi connectivity index (χ3n) is 4.54. The van der Waals surface area contributed by atoms with Gasteiger partial charge in [0.2, 0.25) is 0 Å². The van der Waals surface area contributed by atoms with Crippen molar-refractivity contribution in [3.05, 3.63) is 82.4 Å². The van der Waals surface area contributed by atoms with Gasteiger partial charge >= 0.3 is 0 Å². The second-order valence-corrected chi connectivity index (χ2v) is 6.78. The van der Waals surface area contributed by atoms with E-state index in [1.54, 1.807) is 49.1 Å². The van der Waals surface area contributed by atoms with Gasteiger partial charge in [0, 0.05) is 47.3 Å². The number of anilines is 2. The van der Waals surface area contributed by atoms with Crippen molar-refractivity contribution in [3.8, 4) is 0 Å². The van der Waals surface area contributed by atoms with Crippen LogP contribution in [0.3, 0.4) is 0 Å². The average molecular weight is 374 g/mol. The van der Waals surface area contributed by atoms with E-state index in [-0.39, 0.29) is 11.8 Å². The van der Waals surface area contributed by atoms with E-state index in [9.17, 15) is 9.59 Å². The lowest BCUT2D eigenvalue weighted by molar-refractivity contribution is 0.101. The first-order chi connectivity index (χ1) is 13.4. The van der Waals surface area contributed by atoms with Crippen molar-refractivity contribution >= 4 is 23.2 Å². The van der Waals surface area contributed by atoms with E-state index < -0.39 is 0 Å². The van der Waals surface area contributed by atoms with Gasteiger partial charge in [-0.3, -0.25) is 19.6 Å². The van der Waals surface area contributed by atoms with Gasteiger partial charge in [0.1, 0.15) is 0 Å². The van der Waals surface area contributed by atoms with Crippen LogP contribution in [0.5, 0.6) is 0 Å². The SMILES string of the molecule is Cc1cncc(C)c1NC(=O)c1ccc(C(=O)Nc2c(C)cncc2C)cc1. The van der Waals surface area contributed by atoms with Crippen LogP contribution >= 0.6 is 0 Å². The van der Waals surface area contributed by atoms with Crippen LogP contribution in [-0.2, 0) is 0 Å². The zero-order valence-corrected chi connectivity index (χ0v) is 16.3. The molecule has 6 heteroatoms. The number of carbonyl (C=O) groups is 2. The zero-order valence-electron chi connectivity index (χ0n) is 16.3. The van der Waals surface area contributed by atoms with Crippen LogP contribution in [0, 0.1) is 27.7 Å². The lowest BCUT2D eigenvalue weighted by Crippen LogP contribution is -2.16. The van der Waals surface area contributed by atoms with E-state index in [1.807, 2.05) is 27.7 Å². The van der Waals surface area contributed by atoms with Crippen LogP contribution in [0.2, 0.25) is 0 Å². The number of aromatic nitrogens is 2. The Bertz CT molecular complexity index is 918. The predicted octanol–water partition coefficient (Wildman–Crippen LogP) is 4.21. The molecule has 2 amide bonds. The number of pyridine rings is 2. The van der Waals surface area contributed by atoms with Crippen LogP contribution in [0.1, 0.15) is 43.0 Å². The lowest BCUT2D eigenvalue weighted by Gasteiger charge is -2.12. The Morgan fingerprint density at radius 3 is 1.18 bits per heavy atom. The normalized spacial score (nSPS) is 10.4. The quantitative estimate of drug-likeness (QED) is 0.716. The van der Waals surface area contributed by atoms with E-state index in [0.717, 1.165) is 33.6 Å². The highest BCUT2D eigenvalue weighted by molar-refractivity contribution is 6.07. The molecule has 2 aromatic heterocycles. The van der Waals surface area contributed by atoms with Crippen LogP contribution in [0.4, 0.5) is 11.4 Å². The topological polar surface area (TPSA) is 84.0 Å². The molecule has 6 nitrogen and oxygen atoms in total. The second kappa shape index (κ2) is 8.00. The summed E-state index contributed by atoms with van der Waals surface area (Å²) >= 11 is 0. The molecule has 3 aromatic rings. The lowest BCUT2D eigenvalue weighted by atomic mass is 10.1. The molecule has 0 saturated heterocycles. The number of rotatable bonds is 4. The minimum absolute atomic E-state index is 0.231. The summed E-state index contributed by atoms with van der Waals surface area (Å²) < 4.78 is 0. The van der Waals surface area contributed by atoms with Crippen LogP contribution in [0.25, 0.3) is 0 Å². The monoisotopic (exact) mass is 374 g/mol. The van der Waals surface area contributed by atoms with Gasteiger partial charge < -0.3 is 10.6 Å². The van der Waals surface area contributed by atoms with Crippen LogP contribution < -0.4 is 10.6 Å². The molecule has 0 atom stereocenters. The van der Waals surface area contributed by atoms with Crippen LogP contribution in [0.15, 0.2) is 49.1 Å². The van der Waals surface area contributed by atoms with Crippen LogP contribution in [-0.4, -0.2) is 21.8 Å². The molecule has 142 valence electrons. The van der Waals surface area contributed by atoms with E-state index in [4.69, 9.17) is 0 Å². The molecule has 0 radical (unpaired) electrons. The number of amides is 2. The first-order valence-electron chi connectivity index (χ1n) is 8.92. The minimum Gasteiger partial charge on any atom is -0.321 e.